The lowest BCUT2D eigenvalue weighted by Gasteiger charge is -2.30. The fourth-order valence-electron chi connectivity index (χ4n) is 2.82. The van der Waals surface area contributed by atoms with Gasteiger partial charge in [0.25, 0.3) is 5.91 Å². The SMILES string of the molecule is COC(=O)Nc1cc(Cl)ccc1-c1cc2n(n1)[C@@H](C)CN(CN)C2=O. The first-order valence-electron chi connectivity index (χ1n) is 7.68. The molecule has 1 aliphatic rings. The summed E-state index contributed by atoms with van der Waals surface area (Å²) in [4.78, 5) is 25.6. The van der Waals surface area contributed by atoms with Crippen molar-refractivity contribution in [3.63, 3.8) is 0 Å². The largest absolute Gasteiger partial charge is 0.453 e. The molecule has 3 rings (SSSR count). The second-order valence-corrected chi connectivity index (χ2v) is 6.16. The molecule has 0 bridgehead atoms. The van der Waals surface area contributed by atoms with Gasteiger partial charge in [0.2, 0.25) is 0 Å². The summed E-state index contributed by atoms with van der Waals surface area (Å²) in [5.41, 5.74) is 7.74. The molecule has 9 heteroatoms. The molecule has 2 heterocycles. The van der Waals surface area contributed by atoms with Crippen LogP contribution in [0.25, 0.3) is 11.3 Å². The van der Waals surface area contributed by atoms with Crippen molar-refractivity contribution < 1.29 is 14.3 Å². The molecule has 2 aromatic rings. The zero-order valence-corrected chi connectivity index (χ0v) is 14.6. The van der Waals surface area contributed by atoms with E-state index in [2.05, 4.69) is 15.2 Å². The van der Waals surface area contributed by atoms with E-state index in [0.717, 1.165) is 0 Å². The molecule has 1 aliphatic heterocycles. The Labute approximate surface area is 149 Å². The molecule has 0 radical (unpaired) electrons. The molecule has 8 nitrogen and oxygen atoms in total. The number of aromatic nitrogens is 2. The van der Waals surface area contributed by atoms with E-state index in [1.54, 1.807) is 33.8 Å². The minimum absolute atomic E-state index is 0.00526. The Bertz CT molecular complexity index is 835. The number of benzene rings is 1. The van der Waals surface area contributed by atoms with E-state index < -0.39 is 6.09 Å². The van der Waals surface area contributed by atoms with Crippen LogP contribution in [0.15, 0.2) is 24.3 Å². The minimum atomic E-state index is -0.619. The summed E-state index contributed by atoms with van der Waals surface area (Å²) in [6.45, 7) is 2.61. The number of methoxy groups -OCH3 is 1. The van der Waals surface area contributed by atoms with E-state index in [1.165, 1.54) is 7.11 Å². The molecule has 25 heavy (non-hydrogen) atoms. The van der Waals surface area contributed by atoms with Crippen LogP contribution in [0.3, 0.4) is 0 Å². The maximum atomic E-state index is 12.5. The molecule has 1 aromatic heterocycles. The van der Waals surface area contributed by atoms with Gasteiger partial charge >= 0.3 is 6.09 Å². The summed E-state index contributed by atoms with van der Waals surface area (Å²) < 4.78 is 6.32. The molecule has 0 saturated heterocycles. The summed E-state index contributed by atoms with van der Waals surface area (Å²) in [5.74, 6) is -0.171. The van der Waals surface area contributed by atoms with E-state index in [0.29, 0.717) is 34.2 Å². The van der Waals surface area contributed by atoms with Gasteiger partial charge in [0, 0.05) is 17.1 Å². The summed E-state index contributed by atoms with van der Waals surface area (Å²) >= 11 is 6.02. The van der Waals surface area contributed by atoms with Gasteiger partial charge in [-0.2, -0.15) is 5.10 Å². The first kappa shape index (κ1) is 17.2. The number of ether oxygens (including phenoxy) is 1. The highest BCUT2D eigenvalue weighted by atomic mass is 35.5. The number of hydrogen-bond donors (Lipinski definition) is 2. The molecule has 2 amide bonds. The molecule has 0 fully saturated rings. The summed E-state index contributed by atoms with van der Waals surface area (Å²) in [5, 5.41) is 7.61. The minimum Gasteiger partial charge on any atom is -0.453 e. The Morgan fingerprint density at radius 3 is 2.92 bits per heavy atom. The van der Waals surface area contributed by atoms with Crippen molar-refractivity contribution in [2.24, 2.45) is 5.73 Å². The van der Waals surface area contributed by atoms with Crippen LogP contribution in [0.1, 0.15) is 23.5 Å². The van der Waals surface area contributed by atoms with Crippen molar-refractivity contribution in [2.45, 2.75) is 13.0 Å². The first-order chi connectivity index (χ1) is 11.9. The molecule has 0 aliphatic carbocycles. The third-order valence-electron chi connectivity index (χ3n) is 4.04. The highest BCUT2D eigenvalue weighted by Gasteiger charge is 2.30. The summed E-state index contributed by atoms with van der Waals surface area (Å²) in [7, 11) is 1.27. The fraction of sp³-hybridized carbons (Fsp3) is 0.312. The lowest BCUT2D eigenvalue weighted by Crippen LogP contribution is -2.45. The quantitative estimate of drug-likeness (QED) is 0.871. The van der Waals surface area contributed by atoms with Gasteiger partial charge in [0.15, 0.2) is 0 Å². The standard InChI is InChI=1S/C16H18ClN5O3/c1-9-7-21(8-18)15(23)14-6-13(20-22(9)14)11-4-3-10(17)5-12(11)19-16(24)25-2/h3-6,9H,7-8,18H2,1-2H3,(H,19,24)/t9-/m0/s1. The van der Waals surface area contributed by atoms with Crippen LogP contribution < -0.4 is 11.1 Å². The van der Waals surface area contributed by atoms with Gasteiger partial charge in [-0.25, -0.2) is 4.79 Å². The zero-order chi connectivity index (χ0) is 18.1. The maximum Gasteiger partial charge on any atom is 0.411 e. The first-order valence-corrected chi connectivity index (χ1v) is 8.06. The van der Waals surface area contributed by atoms with Crippen LogP contribution in [0.5, 0.6) is 0 Å². The summed E-state index contributed by atoms with van der Waals surface area (Å²) in [6, 6.07) is 6.71. The normalized spacial score (nSPS) is 16.6. The van der Waals surface area contributed by atoms with Crippen molar-refractivity contribution >= 4 is 29.3 Å². The van der Waals surface area contributed by atoms with Crippen LogP contribution in [0, 0.1) is 0 Å². The van der Waals surface area contributed by atoms with E-state index in [1.807, 2.05) is 6.92 Å². The molecule has 1 aromatic carbocycles. The predicted octanol–water partition coefficient (Wildman–Crippen LogP) is 2.31. The van der Waals surface area contributed by atoms with Crippen molar-refractivity contribution in [2.75, 3.05) is 25.6 Å². The highest BCUT2D eigenvalue weighted by molar-refractivity contribution is 6.31. The van der Waals surface area contributed by atoms with Crippen LogP contribution in [-0.4, -0.2) is 47.0 Å². The van der Waals surface area contributed by atoms with Gasteiger partial charge in [0.1, 0.15) is 5.69 Å². The van der Waals surface area contributed by atoms with Crippen LogP contribution in [0.2, 0.25) is 5.02 Å². The third-order valence-corrected chi connectivity index (χ3v) is 4.28. The number of anilines is 1. The van der Waals surface area contributed by atoms with Gasteiger partial charge < -0.3 is 15.4 Å². The van der Waals surface area contributed by atoms with Crippen molar-refractivity contribution in [1.82, 2.24) is 14.7 Å². The average Bonchev–Trinajstić information content (AvgIpc) is 3.04. The van der Waals surface area contributed by atoms with Crippen LogP contribution >= 0.6 is 11.6 Å². The number of carbonyl (C=O) groups is 2. The zero-order valence-electron chi connectivity index (χ0n) is 13.8. The second-order valence-electron chi connectivity index (χ2n) is 5.73. The fourth-order valence-corrected chi connectivity index (χ4v) is 3.00. The van der Waals surface area contributed by atoms with Gasteiger partial charge in [0.05, 0.1) is 31.2 Å². The highest BCUT2D eigenvalue weighted by Crippen LogP contribution is 2.32. The smallest absolute Gasteiger partial charge is 0.411 e. The van der Waals surface area contributed by atoms with Gasteiger partial charge in [-0.1, -0.05) is 11.6 Å². The number of amides is 2. The Morgan fingerprint density at radius 1 is 1.48 bits per heavy atom. The molecule has 0 unspecified atom stereocenters. The molecular weight excluding hydrogens is 346 g/mol. The Morgan fingerprint density at radius 2 is 2.24 bits per heavy atom. The third kappa shape index (κ3) is 3.18. The number of fused-ring (bicyclic) bond motifs is 1. The molecule has 0 saturated carbocycles. The number of carbonyl (C=O) groups excluding carboxylic acids is 2. The van der Waals surface area contributed by atoms with Crippen molar-refractivity contribution in [3.05, 3.63) is 35.0 Å². The molecule has 1 atom stereocenters. The van der Waals surface area contributed by atoms with E-state index in [4.69, 9.17) is 17.3 Å². The van der Waals surface area contributed by atoms with Crippen LogP contribution in [-0.2, 0) is 4.74 Å². The number of nitrogens with two attached hydrogens (primary N) is 1. The van der Waals surface area contributed by atoms with Crippen molar-refractivity contribution in [1.29, 1.82) is 0 Å². The Kier molecular flexibility index (Phi) is 4.65. The van der Waals surface area contributed by atoms with Gasteiger partial charge in [-0.15, -0.1) is 0 Å². The number of nitrogens with one attached hydrogen (secondary N) is 1. The molecule has 132 valence electrons. The van der Waals surface area contributed by atoms with Gasteiger partial charge in [-0.3, -0.25) is 14.8 Å². The predicted molar refractivity (Wildman–Crippen MR) is 93.5 cm³/mol. The number of nitrogens with zero attached hydrogens (tertiary/aromatic N) is 3. The van der Waals surface area contributed by atoms with E-state index in [-0.39, 0.29) is 18.6 Å². The van der Waals surface area contributed by atoms with Gasteiger partial charge in [-0.05, 0) is 31.2 Å². The second kappa shape index (κ2) is 6.73. The summed E-state index contributed by atoms with van der Waals surface area (Å²) in [6.07, 6.45) is -0.619. The van der Waals surface area contributed by atoms with Crippen molar-refractivity contribution in [3.8, 4) is 11.3 Å². The molecule has 0 spiro atoms. The number of halogens is 1. The number of rotatable bonds is 3. The lowest BCUT2D eigenvalue weighted by atomic mass is 10.1. The lowest BCUT2D eigenvalue weighted by molar-refractivity contribution is 0.0672. The van der Waals surface area contributed by atoms with E-state index in [9.17, 15) is 9.59 Å². The topological polar surface area (TPSA) is 102 Å². The molecule has 3 N–H and O–H groups in total. The average molecular weight is 364 g/mol. The van der Waals surface area contributed by atoms with Crippen LogP contribution in [0.4, 0.5) is 10.5 Å². The Balaban J connectivity index is 2.06. The monoisotopic (exact) mass is 363 g/mol. The molecular formula is C16H18ClN5O3. The number of hydrogen-bond acceptors (Lipinski definition) is 5. The van der Waals surface area contributed by atoms with E-state index >= 15 is 0 Å². The Hall–Kier alpha value is -2.58. The maximum absolute atomic E-state index is 12.5.